The Hall–Kier alpha value is -2.08. The summed E-state index contributed by atoms with van der Waals surface area (Å²) in [5.74, 6) is 0. The molecule has 22 heavy (non-hydrogen) atoms. The lowest BCUT2D eigenvalue weighted by molar-refractivity contribution is 1.32. The second-order valence-electron chi connectivity index (χ2n) is 6.46. The number of benzene rings is 2. The topological polar surface area (TPSA) is 0 Å². The van der Waals surface area contributed by atoms with E-state index in [2.05, 4.69) is 90.1 Å². The Bertz CT molecular complexity index is 685. The van der Waals surface area contributed by atoms with Crippen LogP contribution in [0, 0.1) is 27.7 Å². The molecule has 0 amide bonds. The van der Waals surface area contributed by atoms with Crippen molar-refractivity contribution in [3.05, 3.63) is 87.5 Å². The molecular weight excluding hydrogens is 264 g/mol. The smallest absolute Gasteiger partial charge is 0.0106 e. The molecule has 0 aliphatic rings. The van der Waals surface area contributed by atoms with E-state index in [0.717, 1.165) is 0 Å². The zero-order valence-electron chi connectivity index (χ0n) is 14.6. The van der Waals surface area contributed by atoms with Gasteiger partial charge in [-0.15, -0.1) is 0 Å². The fourth-order valence-electron chi connectivity index (χ4n) is 2.81. The van der Waals surface area contributed by atoms with Gasteiger partial charge in [0.1, 0.15) is 0 Å². The minimum absolute atomic E-state index is 1.30. The fraction of sp³-hybridized carbons (Fsp3) is 0.273. The molecule has 0 radical (unpaired) electrons. The van der Waals surface area contributed by atoms with Crippen molar-refractivity contribution in [1.29, 1.82) is 0 Å². The molecule has 0 heteroatoms. The van der Waals surface area contributed by atoms with Gasteiger partial charge in [-0.25, -0.2) is 0 Å². The average molecular weight is 290 g/mol. The fourth-order valence-corrected chi connectivity index (χ4v) is 2.81. The normalized spacial score (nSPS) is 10.3. The van der Waals surface area contributed by atoms with Crippen LogP contribution in [-0.4, -0.2) is 0 Å². The van der Waals surface area contributed by atoms with Crippen molar-refractivity contribution < 1.29 is 0 Å². The molecule has 0 spiro atoms. The van der Waals surface area contributed by atoms with Gasteiger partial charge >= 0.3 is 0 Å². The number of rotatable bonds is 3. The maximum absolute atomic E-state index is 2.26. The van der Waals surface area contributed by atoms with Gasteiger partial charge in [-0.3, -0.25) is 0 Å². The quantitative estimate of drug-likeness (QED) is 0.580. The van der Waals surface area contributed by atoms with Crippen LogP contribution in [0.1, 0.15) is 47.2 Å². The summed E-state index contributed by atoms with van der Waals surface area (Å²) >= 11 is 0. The molecule has 0 aliphatic heterocycles. The van der Waals surface area contributed by atoms with Gasteiger partial charge in [-0.1, -0.05) is 65.3 Å². The van der Waals surface area contributed by atoms with E-state index in [1.807, 2.05) is 0 Å². The molecular formula is C22H26. The first-order chi connectivity index (χ1) is 10.4. The molecule has 0 fully saturated rings. The Morgan fingerprint density at radius 1 is 0.682 bits per heavy atom. The van der Waals surface area contributed by atoms with Crippen LogP contribution in [0.2, 0.25) is 0 Å². The molecule has 0 aromatic heterocycles. The molecule has 0 saturated carbocycles. The summed E-state index contributed by atoms with van der Waals surface area (Å²) in [5, 5.41) is 0. The predicted octanol–water partition coefficient (Wildman–Crippen LogP) is 6.32. The highest BCUT2D eigenvalue weighted by Gasteiger charge is 2.10. The molecule has 0 bridgehead atoms. The molecule has 0 atom stereocenters. The summed E-state index contributed by atoms with van der Waals surface area (Å²) in [6, 6.07) is 13.4. The first kappa shape index (κ1) is 16.3. The van der Waals surface area contributed by atoms with E-state index in [1.165, 1.54) is 44.5 Å². The Labute approximate surface area is 135 Å². The lowest BCUT2D eigenvalue weighted by Crippen LogP contribution is -1.95. The van der Waals surface area contributed by atoms with E-state index in [0.29, 0.717) is 0 Å². The molecule has 114 valence electrons. The van der Waals surface area contributed by atoms with E-state index < -0.39 is 0 Å². The highest BCUT2D eigenvalue weighted by Crippen LogP contribution is 2.29. The number of hydrogen-bond acceptors (Lipinski definition) is 0. The lowest BCUT2D eigenvalue weighted by Gasteiger charge is -2.15. The maximum Gasteiger partial charge on any atom is -0.0106 e. The summed E-state index contributed by atoms with van der Waals surface area (Å²) in [6.07, 6.45) is 4.46. The van der Waals surface area contributed by atoms with Crippen LogP contribution < -0.4 is 0 Å². The van der Waals surface area contributed by atoms with E-state index in [9.17, 15) is 0 Å². The van der Waals surface area contributed by atoms with Gasteiger partial charge in [0.25, 0.3) is 0 Å². The summed E-state index contributed by atoms with van der Waals surface area (Å²) in [6.45, 7) is 13.0. The van der Waals surface area contributed by atoms with Crippen LogP contribution in [0.4, 0.5) is 0 Å². The van der Waals surface area contributed by atoms with Gasteiger partial charge in [-0.2, -0.15) is 0 Å². The lowest BCUT2D eigenvalue weighted by atomic mass is 9.90. The molecule has 0 aliphatic carbocycles. The zero-order valence-corrected chi connectivity index (χ0v) is 14.6. The molecule has 0 heterocycles. The van der Waals surface area contributed by atoms with Crippen molar-refractivity contribution >= 4 is 5.57 Å². The van der Waals surface area contributed by atoms with Gasteiger partial charge < -0.3 is 0 Å². The van der Waals surface area contributed by atoms with E-state index in [-0.39, 0.29) is 0 Å². The third kappa shape index (κ3) is 3.76. The van der Waals surface area contributed by atoms with Crippen molar-refractivity contribution in [2.45, 2.75) is 41.5 Å². The standard InChI is InChI=1S/C22H26/c1-15(2)7-10-22(20-11-8-16(3)13-18(20)5)21-12-9-17(4)14-19(21)6/h7-14H,1-6H3. The third-order valence-corrected chi connectivity index (χ3v) is 3.93. The maximum atomic E-state index is 2.26. The van der Waals surface area contributed by atoms with Crippen LogP contribution in [0.15, 0.2) is 54.1 Å². The largest absolute Gasteiger partial charge is 0.0764 e. The van der Waals surface area contributed by atoms with Crippen LogP contribution >= 0.6 is 0 Å². The van der Waals surface area contributed by atoms with Crippen molar-refractivity contribution in [3.8, 4) is 0 Å². The molecule has 0 saturated heterocycles. The van der Waals surface area contributed by atoms with Crippen LogP contribution in [0.5, 0.6) is 0 Å². The van der Waals surface area contributed by atoms with Crippen LogP contribution in [0.3, 0.4) is 0 Å². The van der Waals surface area contributed by atoms with Crippen LogP contribution in [-0.2, 0) is 0 Å². The minimum Gasteiger partial charge on any atom is -0.0764 e. The molecule has 2 aromatic rings. The van der Waals surface area contributed by atoms with Crippen LogP contribution in [0.25, 0.3) is 5.57 Å². The first-order valence-corrected chi connectivity index (χ1v) is 7.89. The van der Waals surface area contributed by atoms with Gasteiger partial charge in [0.15, 0.2) is 0 Å². The molecule has 2 aromatic carbocycles. The SMILES string of the molecule is CC(C)=CC=C(c1ccc(C)cc1C)c1ccc(C)cc1C. The van der Waals surface area contributed by atoms with Gasteiger partial charge in [-0.05, 0) is 69.4 Å². The van der Waals surface area contributed by atoms with Gasteiger partial charge in [0.05, 0.1) is 0 Å². The Balaban J connectivity index is 2.66. The molecule has 0 nitrogen and oxygen atoms in total. The monoisotopic (exact) mass is 290 g/mol. The van der Waals surface area contributed by atoms with Crippen molar-refractivity contribution in [2.75, 3.05) is 0 Å². The minimum atomic E-state index is 1.30. The summed E-state index contributed by atoms with van der Waals surface area (Å²) in [5.41, 5.74) is 10.5. The van der Waals surface area contributed by atoms with Gasteiger partial charge in [0.2, 0.25) is 0 Å². The summed E-state index contributed by atoms with van der Waals surface area (Å²) in [4.78, 5) is 0. The number of allylic oxidation sites excluding steroid dienone is 3. The third-order valence-electron chi connectivity index (χ3n) is 3.93. The van der Waals surface area contributed by atoms with E-state index in [4.69, 9.17) is 0 Å². The van der Waals surface area contributed by atoms with Gasteiger partial charge in [0, 0.05) is 0 Å². The Kier molecular flexibility index (Phi) is 5.03. The first-order valence-electron chi connectivity index (χ1n) is 7.89. The summed E-state index contributed by atoms with van der Waals surface area (Å²) in [7, 11) is 0. The number of hydrogen-bond donors (Lipinski definition) is 0. The van der Waals surface area contributed by atoms with Crippen molar-refractivity contribution in [1.82, 2.24) is 0 Å². The summed E-state index contributed by atoms with van der Waals surface area (Å²) < 4.78 is 0. The second-order valence-corrected chi connectivity index (χ2v) is 6.46. The predicted molar refractivity (Wildman–Crippen MR) is 98.3 cm³/mol. The molecule has 0 unspecified atom stereocenters. The molecule has 0 N–H and O–H groups in total. The Morgan fingerprint density at radius 3 is 1.50 bits per heavy atom. The van der Waals surface area contributed by atoms with Crippen molar-refractivity contribution in [2.24, 2.45) is 0 Å². The molecule has 2 rings (SSSR count). The van der Waals surface area contributed by atoms with Crippen molar-refractivity contribution in [3.63, 3.8) is 0 Å². The average Bonchev–Trinajstić information content (AvgIpc) is 2.42. The van der Waals surface area contributed by atoms with E-state index in [1.54, 1.807) is 0 Å². The zero-order chi connectivity index (χ0) is 16.3. The Morgan fingerprint density at radius 2 is 1.14 bits per heavy atom. The number of aryl methyl sites for hydroxylation is 4. The highest BCUT2D eigenvalue weighted by molar-refractivity contribution is 5.84. The van der Waals surface area contributed by atoms with E-state index >= 15 is 0 Å². The second kappa shape index (κ2) is 6.79. The highest BCUT2D eigenvalue weighted by atomic mass is 14.1.